The molecule has 112 valence electrons. The van der Waals surface area contributed by atoms with E-state index in [1.165, 1.54) is 37.9 Å². The van der Waals surface area contributed by atoms with Gasteiger partial charge in [-0.25, -0.2) is 0 Å². The smallest absolute Gasteiger partial charge is 0.133 e. The molecule has 0 N–H and O–H groups in total. The Morgan fingerprint density at radius 2 is 1.48 bits per heavy atom. The van der Waals surface area contributed by atoms with Crippen molar-refractivity contribution in [1.29, 1.82) is 0 Å². The van der Waals surface area contributed by atoms with Crippen LogP contribution in [-0.2, 0) is 4.79 Å². The molecule has 1 saturated carbocycles. The maximum absolute atomic E-state index is 11.9. The number of Topliss-reactive ketones (excluding diaryl/α,β-unsaturated/α-hetero) is 1. The highest BCUT2D eigenvalue weighted by atomic mass is 16.1. The minimum atomic E-state index is 0.390. The van der Waals surface area contributed by atoms with E-state index < -0.39 is 0 Å². The first-order valence-electron chi connectivity index (χ1n) is 8.49. The minimum absolute atomic E-state index is 0.390. The van der Waals surface area contributed by atoms with Crippen molar-refractivity contribution < 1.29 is 4.79 Å². The van der Waals surface area contributed by atoms with Gasteiger partial charge in [0.05, 0.1) is 0 Å². The molecule has 5 rings (SSSR count). The van der Waals surface area contributed by atoms with E-state index in [0.717, 1.165) is 19.3 Å². The third-order valence-corrected chi connectivity index (χ3v) is 5.48. The summed E-state index contributed by atoms with van der Waals surface area (Å²) in [7, 11) is 0. The Morgan fingerprint density at radius 1 is 0.783 bits per heavy atom. The van der Waals surface area contributed by atoms with E-state index in [1.54, 1.807) is 0 Å². The number of rotatable bonds is 1. The summed E-state index contributed by atoms with van der Waals surface area (Å²) in [5.41, 5.74) is 1.36. The fourth-order valence-electron chi connectivity index (χ4n) is 4.40. The van der Waals surface area contributed by atoms with Crippen molar-refractivity contribution in [2.45, 2.75) is 31.6 Å². The standard InChI is InChI=1S/C22H18O/c23-18-6-2-5-17(13-18)19-11-9-16-8-7-14-3-1-4-15-10-12-20(19)22(16)21(14)15/h1,3-4,7-12,17H,2,5-6,13H2. The van der Waals surface area contributed by atoms with Crippen molar-refractivity contribution in [3.8, 4) is 0 Å². The van der Waals surface area contributed by atoms with Crippen molar-refractivity contribution >= 4 is 38.1 Å². The lowest BCUT2D eigenvalue weighted by Crippen LogP contribution is -2.13. The average Bonchev–Trinajstić information content (AvgIpc) is 2.59. The van der Waals surface area contributed by atoms with E-state index in [0.29, 0.717) is 18.1 Å². The molecule has 0 aromatic heterocycles. The van der Waals surface area contributed by atoms with Gasteiger partial charge in [0.1, 0.15) is 5.78 Å². The summed E-state index contributed by atoms with van der Waals surface area (Å²) in [6, 6.07) is 19.9. The molecule has 0 aliphatic heterocycles. The summed E-state index contributed by atoms with van der Waals surface area (Å²) >= 11 is 0. The van der Waals surface area contributed by atoms with E-state index in [1.807, 2.05) is 0 Å². The molecule has 0 amide bonds. The van der Waals surface area contributed by atoms with Crippen LogP contribution in [0.15, 0.2) is 54.6 Å². The van der Waals surface area contributed by atoms with E-state index in [2.05, 4.69) is 54.6 Å². The minimum Gasteiger partial charge on any atom is -0.300 e. The van der Waals surface area contributed by atoms with Gasteiger partial charge in [-0.1, -0.05) is 54.6 Å². The van der Waals surface area contributed by atoms with Crippen molar-refractivity contribution in [3.05, 3.63) is 60.2 Å². The molecule has 0 radical (unpaired) electrons. The van der Waals surface area contributed by atoms with Crippen LogP contribution in [0, 0.1) is 0 Å². The van der Waals surface area contributed by atoms with Gasteiger partial charge in [0.2, 0.25) is 0 Å². The van der Waals surface area contributed by atoms with Crippen LogP contribution in [0.4, 0.5) is 0 Å². The second-order valence-electron chi connectivity index (χ2n) is 6.84. The van der Waals surface area contributed by atoms with Gasteiger partial charge in [-0.2, -0.15) is 0 Å². The molecule has 0 saturated heterocycles. The summed E-state index contributed by atoms with van der Waals surface area (Å²) in [6.45, 7) is 0. The number of hydrogen-bond acceptors (Lipinski definition) is 1. The maximum Gasteiger partial charge on any atom is 0.133 e. The van der Waals surface area contributed by atoms with Crippen LogP contribution < -0.4 is 0 Å². The molecule has 1 heteroatoms. The molecule has 4 aromatic rings. The van der Waals surface area contributed by atoms with Crippen LogP contribution in [0.3, 0.4) is 0 Å². The second kappa shape index (κ2) is 4.79. The van der Waals surface area contributed by atoms with E-state index in [-0.39, 0.29) is 0 Å². The molecule has 1 aliphatic rings. The largest absolute Gasteiger partial charge is 0.300 e. The van der Waals surface area contributed by atoms with Crippen molar-refractivity contribution in [3.63, 3.8) is 0 Å². The van der Waals surface area contributed by atoms with Gasteiger partial charge in [0.15, 0.2) is 0 Å². The van der Waals surface area contributed by atoms with Crippen LogP contribution in [-0.4, -0.2) is 5.78 Å². The Bertz CT molecular complexity index is 1030. The monoisotopic (exact) mass is 298 g/mol. The van der Waals surface area contributed by atoms with E-state index >= 15 is 0 Å². The molecule has 4 aromatic carbocycles. The molecule has 23 heavy (non-hydrogen) atoms. The lowest BCUT2D eigenvalue weighted by molar-refractivity contribution is -0.120. The van der Waals surface area contributed by atoms with Crippen LogP contribution in [0.5, 0.6) is 0 Å². The average molecular weight is 298 g/mol. The highest BCUT2D eigenvalue weighted by molar-refractivity contribution is 6.23. The number of ketones is 1. The first kappa shape index (κ1) is 13.1. The van der Waals surface area contributed by atoms with E-state index in [9.17, 15) is 4.79 Å². The molecule has 0 bridgehead atoms. The molecule has 1 fully saturated rings. The van der Waals surface area contributed by atoms with Gasteiger partial charge in [0, 0.05) is 12.8 Å². The van der Waals surface area contributed by atoms with Crippen molar-refractivity contribution in [2.24, 2.45) is 0 Å². The predicted octanol–water partition coefficient (Wildman–Crippen LogP) is 5.81. The second-order valence-corrected chi connectivity index (χ2v) is 6.84. The zero-order valence-electron chi connectivity index (χ0n) is 13.0. The molecule has 0 heterocycles. The number of carbonyl (C=O) groups is 1. The Labute approximate surface area is 135 Å². The summed E-state index contributed by atoms with van der Waals surface area (Å²) in [5.74, 6) is 0.813. The van der Waals surface area contributed by atoms with Gasteiger partial charge in [-0.3, -0.25) is 4.79 Å². The van der Waals surface area contributed by atoms with Crippen LogP contribution in [0.1, 0.15) is 37.2 Å². The summed E-state index contributed by atoms with van der Waals surface area (Å²) < 4.78 is 0. The Balaban J connectivity index is 1.86. The third kappa shape index (κ3) is 1.89. The fraction of sp³-hybridized carbons (Fsp3) is 0.227. The van der Waals surface area contributed by atoms with Crippen molar-refractivity contribution in [1.82, 2.24) is 0 Å². The number of benzene rings is 4. The molecule has 1 aliphatic carbocycles. The SMILES string of the molecule is O=C1CCCC(c2ccc3ccc4cccc5ccc2c3c45)C1. The van der Waals surface area contributed by atoms with Crippen molar-refractivity contribution in [2.75, 3.05) is 0 Å². The van der Waals surface area contributed by atoms with Crippen LogP contribution >= 0.6 is 0 Å². The molecule has 1 unspecified atom stereocenters. The van der Waals surface area contributed by atoms with Gasteiger partial charge < -0.3 is 0 Å². The Morgan fingerprint density at radius 3 is 2.26 bits per heavy atom. The van der Waals surface area contributed by atoms with Crippen LogP contribution in [0.2, 0.25) is 0 Å². The summed E-state index contributed by atoms with van der Waals surface area (Å²) in [6.07, 6.45) is 3.65. The topological polar surface area (TPSA) is 17.1 Å². The zero-order chi connectivity index (χ0) is 15.4. The molecule has 1 atom stereocenters. The fourth-order valence-corrected chi connectivity index (χ4v) is 4.40. The molecule has 0 spiro atoms. The lowest BCUT2D eigenvalue weighted by Gasteiger charge is -2.23. The van der Waals surface area contributed by atoms with Gasteiger partial charge in [0.25, 0.3) is 0 Å². The lowest BCUT2D eigenvalue weighted by atomic mass is 9.80. The maximum atomic E-state index is 11.9. The summed E-state index contributed by atoms with van der Waals surface area (Å²) in [4.78, 5) is 11.9. The Kier molecular flexibility index (Phi) is 2.72. The first-order chi connectivity index (χ1) is 11.3. The first-order valence-corrected chi connectivity index (χ1v) is 8.49. The highest BCUT2D eigenvalue weighted by Gasteiger charge is 2.23. The molecular weight excluding hydrogens is 280 g/mol. The van der Waals surface area contributed by atoms with Crippen LogP contribution in [0.25, 0.3) is 32.3 Å². The number of hydrogen-bond donors (Lipinski definition) is 0. The third-order valence-electron chi connectivity index (χ3n) is 5.48. The van der Waals surface area contributed by atoms with Gasteiger partial charge in [-0.15, -0.1) is 0 Å². The Hall–Kier alpha value is -2.41. The highest BCUT2D eigenvalue weighted by Crippen LogP contribution is 2.40. The normalized spacial score (nSPS) is 19.1. The van der Waals surface area contributed by atoms with E-state index in [4.69, 9.17) is 0 Å². The van der Waals surface area contributed by atoms with Gasteiger partial charge in [-0.05, 0) is 56.6 Å². The zero-order valence-corrected chi connectivity index (χ0v) is 13.0. The summed E-state index contributed by atoms with van der Waals surface area (Å²) in [5, 5.41) is 7.99. The molecular formula is C22H18O. The molecule has 1 nitrogen and oxygen atoms in total. The van der Waals surface area contributed by atoms with Gasteiger partial charge >= 0.3 is 0 Å². The predicted molar refractivity (Wildman–Crippen MR) is 96.4 cm³/mol. The quantitative estimate of drug-likeness (QED) is 0.405. The number of carbonyl (C=O) groups excluding carboxylic acids is 1.